The lowest BCUT2D eigenvalue weighted by Crippen LogP contribution is -2.28. The van der Waals surface area contributed by atoms with E-state index in [9.17, 15) is 9.59 Å². The number of benzene rings is 1. The van der Waals surface area contributed by atoms with Gasteiger partial charge in [0.15, 0.2) is 0 Å². The van der Waals surface area contributed by atoms with Crippen molar-refractivity contribution in [3.05, 3.63) is 34.9 Å². The molecule has 0 unspecified atom stereocenters. The molecule has 0 aromatic heterocycles. The number of hydrogen-bond acceptors (Lipinski definition) is 3. The Labute approximate surface area is 111 Å². The second-order valence-corrected chi connectivity index (χ2v) is 4.35. The van der Waals surface area contributed by atoms with E-state index in [1.165, 1.54) is 7.11 Å². The topological polar surface area (TPSA) is 46.6 Å². The van der Waals surface area contributed by atoms with Crippen LogP contribution in [0.4, 0.5) is 0 Å². The molecule has 0 N–H and O–H groups in total. The van der Waals surface area contributed by atoms with Gasteiger partial charge >= 0.3 is 5.97 Å². The SMILES string of the molecule is COC(=O)CCCN(C)C(=O)c1ccc(Cl)cc1. The molecule has 1 aromatic carbocycles. The number of rotatable bonds is 5. The summed E-state index contributed by atoms with van der Waals surface area (Å²) >= 11 is 5.75. The van der Waals surface area contributed by atoms with Crippen LogP contribution in [0.1, 0.15) is 23.2 Å². The highest BCUT2D eigenvalue weighted by molar-refractivity contribution is 6.30. The smallest absolute Gasteiger partial charge is 0.305 e. The molecule has 0 heterocycles. The molecule has 0 saturated heterocycles. The van der Waals surface area contributed by atoms with E-state index in [2.05, 4.69) is 4.74 Å². The summed E-state index contributed by atoms with van der Waals surface area (Å²) in [7, 11) is 3.05. The highest BCUT2D eigenvalue weighted by Gasteiger charge is 2.11. The van der Waals surface area contributed by atoms with Gasteiger partial charge in [0.2, 0.25) is 0 Å². The van der Waals surface area contributed by atoms with Gasteiger partial charge in [-0.2, -0.15) is 0 Å². The fraction of sp³-hybridized carbons (Fsp3) is 0.385. The van der Waals surface area contributed by atoms with Crippen molar-refractivity contribution in [3.63, 3.8) is 0 Å². The summed E-state index contributed by atoms with van der Waals surface area (Å²) in [5.41, 5.74) is 0.583. The van der Waals surface area contributed by atoms with E-state index in [1.807, 2.05) is 0 Å². The first-order chi connectivity index (χ1) is 8.54. The molecule has 0 spiro atoms. The van der Waals surface area contributed by atoms with Crippen LogP contribution in [-0.4, -0.2) is 37.5 Å². The summed E-state index contributed by atoms with van der Waals surface area (Å²) < 4.78 is 4.53. The highest BCUT2D eigenvalue weighted by atomic mass is 35.5. The Bertz CT molecular complexity index is 417. The summed E-state index contributed by atoms with van der Waals surface area (Å²) in [4.78, 5) is 24.5. The van der Waals surface area contributed by atoms with Gasteiger partial charge in [0.1, 0.15) is 0 Å². The summed E-state index contributed by atoms with van der Waals surface area (Å²) in [6.45, 7) is 0.510. The Kier molecular flexibility index (Phi) is 5.65. The Morgan fingerprint density at radius 2 is 1.89 bits per heavy atom. The predicted molar refractivity (Wildman–Crippen MR) is 69.7 cm³/mol. The minimum Gasteiger partial charge on any atom is -0.469 e. The molecule has 5 heteroatoms. The van der Waals surface area contributed by atoms with E-state index in [4.69, 9.17) is 11.6 Å². The van der Waals surface area contributed by atoms with Gasteiger partial charge in [0.05, 0.1) is 7.11 Å². The van der Waals surface area contributed by atoms with Gasteiger partial charge in [0.25, 0.3) is 5.91 Å². The maximum atomic E-state index is 12.0. The summed E-state index contributed by atoms with van der Waals surface area (Å²) in [6, 6.07) is 6.72. The number of amides is 1. The molecule has 0 radical (unpaired) electrons. The Morgan fingerprint density at radius 3 is 2.44 bits per heavy atom. The molecule has 0 aliphatic rings. The van der Waals surface area contributed by atoms with Crippen molar-refractivity contribution in [1.82, 2.24) is 4.90 Å². The number of hydrogen-bond donors (Lipinski definition) is 0. The third-order valence-corrected chi connectivity index (χ3v) is 2.79. The lowest BCUT2D eigenvalue weighted by Gasteiger charge is -2.16. The van der Waals surface area contributed by atoms with Crippen LogP contribution in [0.25, 0.3) is 0 Å². The molecule has 0 fully saturated rings. The number of methoxy groups -OCH3 is 1. The molecular weight excluding hydrogens is 254 g/mol. The standard InChI is InChI=1S/C13H16ClNO3/c1-15(9-3-4-12(16)18-2)13(17)10-5-7-11(14)8-6-10/h5-8H,3-4,9H2,1-2H3. The second-order valence-electron chi connectivity index (χ2n) is 3.91. The zero-order valence-electron chi connectivity index (χ0n) is 10.5. The second kappa shape index (κ2) is 7.01. The van der Waals surface area contributed by atoms with Gasteiger partial charge in [-0.3, -0.25) is 9.59 Å². The van der Waals surface area contributed by atoms with Crippen LogP contribution in [0.5, 0.6) is 0 Å². The van der Waals surface area contributed by atoms with Gasteiger partial charge in [-0.05, 0) is 30.7 Å². The Balaban J connectivity index is 2.46. The van der Waals surface area contributed by atoms with E-state index < -0.39 is 0 Å². The minimum absolute atomic E-state index is 0.0865. The van der Waals surface area contributed by atoms with Gasteiger partial charge in [0, 0.05) is 30.6 Å². The number of carbonyl (C=O) groups excluding carboxylic acids is 2. The normalized spacial score (nSPS) is 9.94. The molecule has 0 saturated carbocycles. The zero-order chi connectivity index (χ0) is 13.5. The fourth-order valence-electron chi connectivity index (χ4n) is 1.48. The molecule has 1 rings (SSSR count). The Morgan fingerprint density at radius 1 is 1.28 bits per heavy atom. The molecule has 18 heavy (non-hydrogen) atoms. The van der Waals surface area contributed by atoms with Crippen molar-refractivity contribution >= 4 is 23.5 Å². The number of halogens is 1. The van der Waals surface area contributed by atoms with Gasteiger partial charge < -0.3 is 9.64 Å². The van der Waals surface area contributed by atoms with Crippen LogP contribution < -0.4 is 0 Å². The van der Waals surface area contributed by atoms with Crippen LogP contribution >= 0.6 is 11.6 Å². The number of ether oxygens (including phenoxy) is 1. The van der Waals surface area contributed by atoms with Crippen molar-refractivity contribution < 1.29 is 14.3 Å². The van der Waals surface area contributed by atoms with Crippen molar-refractivity contribution in [3.8, 4) is 0 Å². The summed E-state index contributed by atoms with van der Waals surface area (Å²) in [6.07, 6.45) is 0.900. The van der Waals surface area contributed by atoms with E-state index in [0.29, 0.717) is 30.0 Å². The summed E-state index contributed by atoms with van der Waals surface area (Å²) in [5.74, 6) is -0.348. The summed E-state index contributed by atoms with van der Waals surface area (Å²) in [5, 5.41) is 0.597. The fourth-order valence-corrected chi connectivity index (χ4v) is 1.60. The maximum absolute atomic E-state index is 12.0. The molecule has 98 valence electrons. The molecule has 1 aromatic rings. The van der Waals surface area contributed by atoms with E-state index >= 15 is 0 Å². The van der Waals surface area contributed by atoms with Crippen LogP contribution in [-0.2, 0) is 9.53 Å². The van der Waals surface area contributed by atoms with Crippen molar-refractivity contribution in [1.29, 1.82) is 0 Å². The molecule has 0 aliphatic heterocycles. The molecule has 0 bridgehead atoms. The van der Waals surface area contributed by atoms with Gasteiger partial charge in [-0.25, -0.2) is 0 Å². The van der Waals surface area contributed by atoms with Crippen LogP contribution in [0.2, 0.25) is 5.02 Å². The van der Waals surface area contributed by atoms with E-state index in [0.717, 1.165) is 0 Å². The van der Waals surface area contributed by atoms with Crippen molar-refractivity contribution in [2.24, 2.45) is 0 Å². The van der Waals surface area contributed by atoms with Crippen LogP contribution in [0, 0.1) is 0 Å². The van der Waals surface area contributed by atoms with Crippen LogP contribution in [0.15, 0.2) is 24.3 Å². The number of nitrogens with zero attached hydrogens (tertiary/aromatic N) is 1. The molecule has 0 aliphatic carbocycles. The molecule has 4 nitrogen and oxygen atoms in total. The zero-order valence-corrected chi connectivity index (χ0v) is 11.2. The first kappa shape index (κ1) is 14.5. The minimum atomic E-state index is -0.262. The lowest BCUT2D eigenvalue weighted by molar-refractivity contribution is -0.140. The monoisotopic (exact) mass is 269 g/mol. The van der Waals surface area contributed by atoms with Crippen molar-refractivity contribution in [2.45, 2.75) is 12.8 Å². The Hall–Kier alpha value is -1.55. The van der Waals surface area contributed by atoms with E-state index in [1.54, 1.807) is 36.2 Å². The van der Waals surface area contributed by atoms with E-state index in [-0.39, 0.29) is 11.9 Å². The maximum Gasteiger partial charge on any atom is 0.305 e. The lowest BCUT2D eigenvalue weighted by atomic mass is 10.2. The number of carbonyl (C=O) groups is 2. The third-order valence-electron chi connectivity index (χ3n) is 2.54. The molecule has 1 amide bonds. The van der Waals surface area contributed by atoms with Gasteiger partial charge in [-0.1, -0.05) is 11.6 Å². The molecule has 0 atom stereocenters. The largest absolute Gasteiger partial charge is 0.469 e. The first-order valence-corrected chi connectivity index (χ1v) is 6.00. The van der Waals surface area contributed by atoms with Crippen LogP contribution in [0.3, 0.4) is 0 Å². The van der Waals surface area contributed by atoms with Crippen molar-refractivity contribution in [2.75, 3.05) is 20.7 Å². The predicted octanol–water partition coefficient (Wildman–Crippen LogP) is 2.37. The third kappa shape index (κ3) is 4.37. The average molecular weight is 270 g/mol. The average Bonchev–Trinajstić information content (AvgIpc) is 2.38. The molecular formula is C13H16ClNO3. The highest BCUT2D eigenvalue weighted by Crippen LogP contribution is 2.11. The van der Waals surface area contributed by atoms with Gasteiger partial charge in [-0.15, -0.1) is 0 Å². The quantitative estimate of drug-likeness (QED) is 0.771. The number of esters is 1. The first-order valence-electron chi connectivity index (χ1n) is 5.62.